The number of nitrogens with zero attached hydrogens (tertiary/aromatic N) is 4. The molecular formula is C17H17FN6S. The number of nitrogens with two attached hydrogens (primary N) is 1. The quantitative estimate of drug-likeness (QED) is 0.307. The standard InChI is InChI=1S/C17H17FN6S/c1-12-6-2-3-8-14(12)11-25-17-23-22-16(24(17)19)21-20-10-13-7-4-5-9-15(13)18/h2-10H,11,19H2,1H3,(H,21,22)/b20-10+. The Morgan fingerprint density at radius 1 is 1.20 bits per heavy atom. The molecule has 0 atom stereocenters. The van der Waals surface area contributed by atoms with Crippen molar-refractivity contribution in [3.05, 3.63) is 71.0 Å². The molecule has 0 radical (unpaired) electrons. The van der Waals surface area contributed by atoms with Gasteiger partial charge in [-0.2, -0.15) is 5.10 Å². The van der Waals surface area contributed by atoms with E-state index in [0.717, 1.165) is 5.75 Å². The predicted octanol–water partition coefficient (Wildman–Crippen LogP) is 3.18. The molecule has 0 aliphatic rings. The molecule has 2 aromatic carbocycles. The number of hydrogen-bond acceptors (Lipinski definition) is 6. The van der Waals surface area contributed by atoms with Gasteiger partial charge < -0.3 is 5.84 Å². The minimum Gasteiger partial charge on any atom is -0.334 e. The van der Waals surface area contributed by atoms with Gasteiger partial charge in [-0.15, -0.1) is 10.2 Å². The van der Waals surface area contributed by atoms with Crippen LogP contribution in [0.3, 0.4) is 0 Å². The first-order valence-electron chi connectivity index (χ1n) is 7.56. The van der Waals surface area contributed by atoms with E-state index in [9.17, 15) is 4.39 Å². The SMILES string of the molecule is Cc1ccccc1CSc1nnc(N/N=C/c2ccccc2F)n1N. The zero-order chi connectivity index (χ0) is 17.6. The van der Waals surface area contributed by atoms with Crippen molar-refractivity contribution in [2.24, 2.45) is 5.10 Å². The largest absolute Gasteiger partial charge is 0.334 e. The van der Waals surface area contributed by atoms with E-state index in [0.29, 0.717) is 10.7 Å². The lowest BCUT2D eigenvalue weighted by Crippen LogP contribution is -2.13. The third-order valence-electron chi connectivity index (χ3n) is 3.56. The maximum atomic E-state index is 13.5. The number of thioether (sulfide) groups is 1. The van der Waals surface area contributed by atoms with Gasteiger partial charge in [0.25, 0.3) is 5.95 Å². The smallest absolute Gasteiger partial charge is 0.264 e. The highest BCUT2D eigenvalue weighted by Gasteiger charge is 2.10. The van der Waals surface area contributed by atoms with Gasteiger partial charge in [0.05, 0.1) is 6.21 Å². The van der Waals surface area contributed by atoms with E-state index >= 15 is 0 Å². The van der Waals surface area contributed by atoms with Crippen molar-refractivity contribution in [2.75, 3.05) is 11.3 Å². The van der Waals surface area contributed by atoms with Crippen LogP contribution in [0.1, 0.15) is 16.7 Å². The van der Waals surface area contributed by atoms with E-state index in [1.807, 2.05) is 12.1 Å². The topological polar surface area (TPSA) is 81.1 Å². The summed E-state index contributed by atoms with van der Waals surface area (Å²) in [4.78, 5) is 0. The molecule has 25 heavy (non-hydrogen) atoms. The number of benzene rings is 2. The summed E-state index contributed by atoms with van der Waals surface area (Å²) >= 11 is 1.48. The van der Waals surface area contributed by atoms with Crippen LogP contribution in [-0.2, 0) is 5.75 Å². The van der Waals surface area contributed by atoms with Crippen LogP contribution in [0.2, 0.25) is 0 Å². The second kappa shape index (κ2) is 7.80. The zero-order valence-electron chi connectivity index (χ0n) is 13.6. The first-order valence-corrected chi connectivity index (χ1v) is 8.55. The molecule has 0 saturated heterocycles. The van der Waals surface area contributed by atoms with Gasteiger partial charge in [-0.25, -0.2) is 14.5 Å². The molecule has 8 heteroatoms. The maximum absolute atomic E-state index is 13.5. The van der Waals surface area contributed by atoms with Gasteiger partial charge in [-0.1, -0.05) is 54.2 Å². The van der Waals surface area contributed by atoms with E-state index in [1.165, 1.54) is 39.8 Å². The van der Waals surface area contributed by atoms with Crippen molar-refractivity contribution >= 4 is 23.9 Å². The molecule has 3 aromatic rings. The number of aromatic nitrogens is 3. The number of hydrogen-bond donors (Lipinski definition) is 2. The van der Waals surface area contributed by atoms with Crippen LogP contribution in [0.25, 0.3) is 0 Å². The van der Waals surface area contributed by atoms with Gasteiger partial charge in [-0.05, 0) is 24.1 Å². The van der Waals surface area contributed by atoms with Crippen LogP contribution in [0.4, 0.5) is 10.3 Å². The molecule has 0 fully saturated rings. The summed E-state index contributed by atoms with van der Waals surface area (Å²) < 4.78 is 14.8. The van der Waals surface area contributed by atoms with Crippen LogP contribution in [0.5, 0.6) is 0 Å². The molecule has 0 amide bonds. The molecule has 0 saturated carbocycles. The maximum Gasteiger partial charge on any atom is 0.264 e. The van der Waals surface area contributed by atoms with Crippen LogP contribution < -0.4 is 11.3 Å². The highest BCUT2D eigenvalue weighted by atomic mass is 32.2. The number of halogens is 1. The number of nitrogen functional groups attached to an aromatic ring is 1. The Labute approximate surface area is 148 Å². The van der Waals surface area contributed by atoms with E-state index in [4.69, 9.17) is 5.84 Å². The number of nitrogens with one attached hydrogen (secondary N) is 1. The van der Waals surface area contributed by atoms with Crippen molar-refractivity contribution in [1.29, 1.82) is 0 Å². The summed E-state index contributed by atoms with van der Waals surface area (Å²) in [5, 5.41) is 12.5. The predicted molar refractivity (Wildman–Crippen MR) is 98.5 cm³/mol. The number of aryl methyl sites for hydroxylation is 1. The molecule has 1 heterocycles. The lowest BCUT2D eigenvalue weighted by atomic mass is 10.1. The van der Waals surface area contributed by atoms with Gasteiger partial charge >= 0.3 is 0 Å². The van der Waals surface area contributed by atoms with E-state index < -0.39 is 0 Å². The molecule has 6 nitrogen and oxygen atoms in total. The second-order valence-electron chi connectivity index (χ2n) is 5.28. The third kappa shape index (κ3) is 4.16. The van der Waals surface area contributed by atoms with Crippen molar-refractivity contribution in [3.8, 4) is 0 Å². The van der Waals surface area contributed by atoms with E-state index in [2.05, 4.69) is 39.8 Å². The lowest BCUT2D eigenvalue weighted by molar-refractivity contribution is 0.626. The molecule has 3 rings (SSSR count). The molecule has 0 spiro atoms. The molecule has 0 bridgehead atoms. The number of rotatable bonds is 6. The van der Waals surface area contributed by atoms with Crippen molar-refractivity contribution < 1.29 is 4.39 Å². The van der Waals surface area contributed by atoms with Gasteiger partial charge in [-0.3, -0.25) is 0 Å². The first-order chi connectivity index (χ1) is 12.1. The molecular weight excluding hydrogens is 339 g/mol. The van der Waals surface area contributed by atoms with E-state index in [-0.39, 0.29) is 11.8 Å². The van der Waals surface area contributed by atoms with Gasteiger partial charge in [0.15, 0.2) is 0 Å². The van der Waals surface area contributed by atoms with Crippen LogP contribution in [-0.4, -0.2) is 21.1 Å². The van der Waals surface area contributed by atoms with Gasteiger partial charge in [0, 0.05) is 11.3 Å². The van der Waals surface area contributed by atoms with Crippen molar-refractivity contribution in [1.82, 2.24) is 14.9 Å². The molecule has 3 N–H and O–H groups in total. The Morgan fingerprint density at radius 2 is 1.96 bits per heavy atom. The Balaban J connectivity index is 1.63. The molecule has 0 aliphatic heterocycles. The second-order valence-corrected chi connectivity index (χ2v) is 6.23. The normalized spacial score (nSPS) is 11.1. The van der Waals surface area contributed by atoms with Crippen molar-refractivity contribution in [3.63, 3.8) is 0 Å². The van der Waals surface area contributed by atoms with E-state index in [1.54, 1.807) is 18.2 Å². The average Bonchev–Trinajstić information content (AvgIpc) is 2.96. The highest BCUT2D eigenvalue weighted by Crippen LogP contribution is 2.23. The fourth-order valence-electron chi connectivity index (χ4n) is 2.11. The summed E-state index contributed by atoms with van der Waals surface area (Å²) in [6.07, 6.45) is 1.37. The Hall–Kier alpha value is -2.87. The first kappa shape index (κ1) is 17.0. The van der Waals surface area contributed by atoms with Crippen LogP contribution in [0, 0.1) is 12.7 Å². The fraction of sp³-hybridized carbons (Fsp3) is 0.118. The fourth-order valence-corrected chi connectivity index (χ4v) is 3.04. The Bertz CT molecular complexity index is 892. The summed E-state index contributed by atoms with van der Waals surface area (Å²) in [6, 6.07) is 14.5. The summed E-state index contributed by atoms with van der Waals surface area (Å²) in [5.74, 6) is 6.64. The van der Waals surface area contributed by atoms with Crippen molar-refractivity contribution in [2.45, 2.75) is 17.8 Å². The lowest BCUT2D eigenvalue weighted by Gasteiger charge is -2.05. The number of hydrazone groups is 1. The van der Waals surface area contributed by atoms with Gasteiger partial charge in [0.1, 0.15) is 5.82 Å². The van der Waals surface area contributed by atoms with Crippen LogP contribution in [0.15, 0.2) is 58.8 Å². The monoisotopic (exact) mass is 356 g/mol. The Kier molecular flexibility index (Phi) is 5.30. The van der Waals surface area contributed by atoms with Gasteiger partial charge in [0.2, 0.25) is 5.16 Å². The number of anilines is 1. The van der Waals surface area contributed by atoms with Crippen LogP contribution >= 0.6 is 11.8 Å². The minimum atomic E-state index is -0.350. The summed E-state index contributed by atoms with van der Waals surface area (Å²) in [5.41, 5.74) is 5.46. The summed E-state index contributed by atoms with van der Waals surface area (Å²) in [7, 11) is 0. The minimum absolute atomic E-state index is 0.278. The zero-order valence-corrected chi connectivity index (χ0v) is 14.4. The third-order valence-corrected chi connectivity index (χ3v) is 4.55. The molecule has 1 aromatic heterocycles. The Morgan fingerprint density at radius 3 is 2.76 bits per heavy atom. The highest BCUT2D eigenvalue weighted by molar-refractivity contribution is 7.98. The molecule has 0 unspecified atom stereocenters. The molecule has 128 valence electrons. The average molecular weight is 356 g/mol. The summed E-state index contributed by atoms with van der Waals surface area (Å²) in [6.45, 7) is 2.06. The molecule has 0 aliphatic carbocycles.